The molecule has 1 amide bonds. The number of alkyl carbamates (subject to hydrolysis) is 1. The Balaban J connectivity index is 2.23. The van der Waals surface area contributed by atoms with Crippen molar-refractivity contribution in [3.8, 4) is 0 Å². The Morgan fingerprint density at radius 3 is 1.83 bits per heavy atom. The van der Waals surface area contributed by atoms with E-state index >= 15 is 0 Å². The van der Waals surface area contributed by atoms with Crippen molar-refractivity contribution in [1.29, 1.82) is 0 Å². The smallest absolute Gasteiger partial charge is 0.407 e. The number of rotatable bonds is 9. The number of hydrogen-bond donors (Lipinski definition) is 1. The fraction of sp³-hybridized carbons (Fsp3) is 0.318. The molecular weight excluding hydrogens is 374 g/mol. The number of ether oxygens (including phenoxy) is 3. The topological polar surface area (TPSA) is 90.9 Å². The van der Waals surface area contributed by atoms with E-state index in [-0.39, 0.29) is 19.8 Å². The number of carbonyl (C=O) groups excluding carboxylic acids is 3. The predicted octanol–water partition coefficient (Wildman–Crippen LogP) is 3.40. The minimum absolute atomic E-state index is 0.0532. The summed E-state index contributed by atoms with van der Waals surface area (Å²) < 4.78 is 15.4. The zero-order valence-electron chi connectivity index (χ0n) is 16.5. The number of hydrogen-bond acceptors (Lipinski definition) is 6. The standard InChI is InChI=1S/C22H25NO6/c1-3-27-20(24)18(21(25)28-4-2)19(17-13-9-6-10-14-17)23-22(26)29-15-16-11-7-5-8-12-16/h5-14,18-19H,3-4,15H2,1-2H3,(H,23,26)/t19-/m0/s1. The molecule has 0 fully saturated rings. The van der Waals surface area contributed by atoms with Crippen molar-refractivity contribution in [1.82, 2.24) is 5.32 Å². The first-order chi connectivity index (χ1) is 14.1. The van der Waals surface area contributed by atoms with Gasteiger partial charge in [-0.3, -0.25) is 9.59 Å². The minimum atomic E-state index is -1.36. The van der Waals surface area contributed by atoms with Gasteiger partial charge >= 0.3 is 18.0 Å². The second-order valence-corrected chi connectivity index (χ2v) is 6.08. The van der Waals surface area contributed by atoms with Crippen molar-refractivity contribution >= 4 is 18.0 Å². The van der Waals surface area contributed by atoms with Gasteiger partial charge in [0.15, 0.2) is 5.92 Å². The Kier molecular flexibility index (Phi) is 8.69. The van der Waals surface area contributed by atoms with Gasteiger partial charge in [0.05, 0.1) is 19.3 Å². The van der Waals surface area contributed by atoms with Crippen molar-refractivity contribution in [2.24, 2.45) is 5.92 Å². The van der Waals surface area contributed by atoms with Crippen LogP contribution in [0.15, 0.2) is 60.7 Å². The fourth-order valence-corrected chi connectivity index (χ4v) is 2.74. The quantitative estimate of drug-likeness (QED) is 0.395. The summed E-state index contributed by atoms with van der Waals surface area (Å²) in [7, 11) is 0. The van der Waals surface area contributed by atoms with Crippen LogP contribution in [0.2, 0.25) is 0 Å². The van der Waals surface area contributed by atoms with Gasteiger partial charge in [0, 0.05) is 0 Å². The number of nitrogens with one attached hydrogen (secondary N) is 1. The van der Waals surface area contributed by atoms with Crippen LogP contribution in [0.25, 0.3) is 0 Å². The highest BCUT2D eigenvalue weighted by Gasteiger charge is 2.39. The fourth-order valence-electron chi connectivity index (χ4n) is 2.74. The first-order valence-corrected chi connectivity index (χ1v) is 9.42. The highest BCUT2D eigenvalue weighted by atomic mass is 16.6. The second-order valence-electron chi connectivity index (χ2n) is 6.08. The molecule has 0 aromatic heterocycles. The zero-order valence-corrected chi connectivity index (χ0v) is 16.5. The van der Waals surface area contributed by atoms with Crippen molar-refractivity contribution in [3.05, 3.63) is 71.8 Å². The molecule has 0 unspecified atom stereocenters. The van der Waals surface area contributed by atoms with E-state index in [1.165, 1.54) is 0 Å². The van der Waals surface area contributed by atoms with Gasteiger partial charge in [-0.25, -0.2) is 4.79 Å². The first-order valence-electron chi connectivity index (χ1n) is 9.42. The normalized spacial score (nSPS) is 11.4. The summed E-state index contributed by atoms with van der Waals surface area (Å²) in [5.74, 6) is -2.91. The molecule has 2 aromatic carbocycles. The van der Waals surface area contributed by atoms with Crippen molar-refractivity contribution in [2.45, 2.75) is 26.5 Å². The molecule has 0 aliphatic heterocycles. The largest absolute Gasteiger partial charge is 0.465 e. The molecule has 0 spiro atoms. The van der Waals surface area contributed by atoms with Crippen LogP contribution in [0.5, 0.6) is 0 Å². The predicted molar refractivity (Wildman–Crippen MR) is 106 cm³/mol. The van der Waals surface area contributed by atoms with Gasteiger partial charge in [-0.1, -0.05) is 60.7 Å². The van der Waals surface area contributed by atoms with Gasteiger partial charge in [-0.05, 0) is 25.0 Å². The van der Waals surface area contributed by atoms with Gasteiger partial charge in [0.25, 0.3) is 0 Å². The molecule has 7 nitrogen and oxygen atoms in total. The lowest BCUT2D eigenvalue weighted by molar-refractivity contribution is -0.163. The van der Waals surface area contributed by atoms with Gasteiger partial charge in [0.1, 0.15) is 6.61 Å². The van der Waals surface area contributed by atoms with Crippen LogP contribution in [-0.4, -0.2) is 31.2 Å². The highest BCUT2D eigenvalue weighted by molar-refractivity contribution is 5.96. The lowest BCUT2D eigenvalue weighted by Crippen LogP contribution is -2.42. The van der Waals surface area contributed by atoms with E-state index in [0.717, 1.165) is 5.56 Å². The third-order valence-electron chi connectivity index (χ3n) is 4.06. The summed E-state index contributed by atoms with van der Waals surface area (Å²) in [5, 5.41) is 2.62. The average Bonchev–Trinajstić information content (AvgIpc) is 2.73. The lowest BCUT2D eigenvalue weighted by Gasteiger charge is -2.25. The molecule has 154 valence electrons. The Morgan fingerprint density at radius 1 is 0.793 bits per heavy atom. The van der Waals surface area contributed by atoms with Crippen LogP contribution < -0.4 is 5.32 Å². The first kappa shape index (κ1) is 21.9. The van der Waals surface area contributed by atoms with Crippen LogP contribution >= 0.6 is 0 Å². The zero-order chi connectivity index (χ0) is 21.1. The van der Waals surface area contributed by atoms with E-state index in [2.05, 4.69) is 5.32 Å². The molecule has 0 saturated carbocycles. The van der Waals surface area contributed by atoms with Crippen LogP contribution in [-0.2, 0) is 30.4 Å². The van der Waals surface area contributed by atoms with Gasteiger partial charge in [-0.15, -0.1) is 0 Å². The Morgan fingerprint density at radius 2 is 1.31 bits per heavy atom. The number of esters is 2. The number of benzene rings is 2. The summed E-state index contributed by atoms with van der Waals surface area (Å²) >= 11 is 0. The Labute approximate surface area is 170 Å². The molecule has 29 heavy (non-hydrogen) atoms. The van der Waals surface area contributed by atoms with E-state index in [1.807, 2.05) is 30.3 Å². The monoisotopic (exact) mass is 399 g/mol. The maximum absolute atomic E-state index is 12.5. The molecular formula is C22H25NO6. The van der Waals surface area contributed by atoms with Gasteiger partial charge < -0.3 is 19.5 Å². The molecule has 7 heteroatoms. The molecule has 0 radical (unpaired) electrons. The molecule has 0 aliphatic carbocycles. The third kappa shape index (κ3) is 6.64. The van der Waals surface area contributed by atoms with E-state index in [4.69, 9.17) is 14.2 Å². The average molecular weight is 399 g/mol. The summed E-state index contributed by atoms with van der Waals surface area (Å²) in [6.45, 7) is 3.51. The van der Waals surface area contributed by atoms with Crippen molar-refractivity contribution < 1.29 is 28.6 Å². The summed E-state index contributed by atoms with van der Waals surface area (Å²) in [4.78, 5) is 37.5. The summed E-state index contributed by atoms with van der Waals surface area (Å²) in [5.41, 5.74) is 1.36. The van der Waals surface area contributed by atoms with Crippen LogP contribution in [0.4, 0.5) is 4.79 Å². The lowest BCUT2D eigenvalue weighted by atomic mass is 9.93. The van der Waals surface area contributed by atoms with E-state index in [9.17, 15) is 14.4 Å². The van der Waals surface area contributed by atoms with Crippen molar-refractivity contribution in [2.75, 3.05) is 13.2 Å². The highest BCUT2D eigenvalue weighted by Crippen LogP contribution is 2.25. The SMILES string of the molecule is CCOC(=O)C(C(=O)OCC)[C@@H](NC(=O)OCc1ccccc1)c1ccccc1. The molecule has 0 aliphatic rings. The molecule has 0 bridgehead atoms. The number of amides is 1. The van der Waals surface area contributed by atoms with E-state index in [1.54, 1.807) is 44.2 Å². The third-order valence-corrected chi connectivity index (χ3v) is 4.06. The summed E-state index contributed by atoms with van der Waals surface area (Å²) in [6, 6.07) is 16.8. The maximum atomic E-state index is 12.5. The Hall–Kier alpha value is -3.35. The molecule has 1 atom stereocenters. The molecule has 1 N–H and O–H groups in total. The minimum Gasteiger partial charge on any atom is -0.465 e. The van der Waals surface area contributed by atoms with Crippen LogP contribution in [0.3, 0.4) is 0 Å². The molecule has 2 aromatic rings. The van der Waals surface area contributed by atoms with Gasteiger partial charge in [0.2, 0.25) is 0 Å². The molecule has 0 heterocycles. The summed E-state index contributed by atoms with van der Waals surface area (Å²) in [6.07, 6.45) is -0.763. The van der Waals surface area contributed by atoms with E-state index < -0.39 is 30.0 Å². The van der Waals surface area contributed by atoms with Crippen molar-refractivity contribution in [3.63, 3.8) is 0 Å². The second kappa shape index (κ2) is 11.5. The number of carbonyl (C=O) groups is 3. The maximum Gasteiger partial charge on any atom is 0.407 e. The van der Waals surface area contributed by atoms with Crippen LogP contribution in [0.1, 0.15) is 31.0 Å². The van der Waals surface area contributed by atoms with Gasteiger partial charge in [-0.2, -0.15) is 0 Å². The van der Waals surface area contributed by atoms with E-state index in [0.29, 0.717) is 5.56 Å². The Bertz CT molecular complexity index is 775. The molecule has 2 rings (SSSR count). The van der Waals surface area contributed by atoms with Crippen LogP contribution in [0, 0.1) is 5.92 Å². The molecule has 0 saturated heterocycles.